The molecule has 0 radical (unpaired) electrons. The minimum atomic E-state index is -0.695. The van der Waals surface area contributed by atoms with E-state index < -0.39 is 5.54 Å². The Labute approximate surface area is 120 Å². The molecule has 1 aliphatic carbocycles. The average molecular weight is 271 g/mol. The van der Waals surface area contributed by atoms with Crippen molar-refractivity contribution >= 4 is 5.91 Å². The number of nitriles is 1. The molecule has 1 N–H and O–H groups in total. The second-order valence-electron chi connectivity index (χ2n) is 5.69. The summed E-state index contributed by atoms with van der Waals surface area (Å²) in [7, 11) is 0. The van der Waals surface area contributed by atoms with Crippen molar-refractivity contribution in [2.24, 2.45) is 5.92 Å². The van der Waals surface area contributed by atoms with Crippen LogP contribution in [-0.4, -0.2) is 16.4 Å². The maximum Gasteiger partial charge on any atom is 0.252 e. The molecule has 1 aromatic heterocycles. The number of nitrogens with zero attached hydrogens (tertiary/aromatic N) is 2. The van der Waals surface area contributed by atoms with Gasteiger partial charge in [-0.1, -0.05) is 13.3 Å². The average Bonchev–Trinajstić information content (AvgIpc) is 2.48. The molecule has 20 heavy (non-hydrogen) atoms. The van der Waals surface area contributed by atoms with Crippen molar-refractivity contribution in [3.8, 4) is 6.07 Å². The van der Waals surface area contributed by atoms with Gasteiger partial charge >= 0.3 is 0 Å². The van der Waals surface area contributed by atoms with Gasteiger partial charge in [0.2, 0.25) is 0 Å². The number of hydrogen-bond acceptors (Lipinski definition) is 3. The number of rotatable bonds is 3. The van der Waals surface area contributed by atoms with Gasteiger partial charge in [0.15, 0.2) is 0 Å². The molecule has 4 nitrogen and oxygen atoms in total. The fraction of sp³-hybridized carbons (Fsp3) is 0.562. The van der Waals surface area contributed by atoms with Gasteiger partial charge in [-0.25, -0.2) is 0 Å². The zero-order chi connectivity index (χ0) is 14.6. The van der Waals surface area contributed by atoms with Gasteiger partial charge in [-0.05, 0) is 50.7 Å². The third kappa shape index (κ3) is 3.16. The fourth-order valence-electron chi connectivity index (χ4n) is 2.82. The molecule has 0 atom stereocenters. The van der Waals surface area contributed by atoms with Crippen LogP contribution in [0, 0.1) is 24.2 Å². The second kappa shape index (κ2) is 6.04. The molecule has 1 aliphatic rings. The number of aryl methyl sites for hydroxylation is 1. The lowest BCUT2D eigenvalue weighted by Gasteiger charge is -2.35. The van der Waals surface area contributed by atoms with Gasteiger partial charge in [-0.2, -0.15) is 5.26 Å². The normalized spacial score (nSPS) is 25.8. The van der Waals surface area contributed by atoms with Crippen LogP contribution in [0.4, 0.5) is 0 Å². The van der Waals surface area contributed by atoms with E-state index in [1.54, 1.807) is 18.3 Å². The zero-order valence-electron chi connectivity index (χ0n) is 12.1. The highest BCUT2D eigenvalue weighted by molar-refractivity contribution is 5.95. The lowest BCUT2D eigenvalue weighted by atomic mass is 9.76. The van der Waals surface area contributed by atoms with E-state index in [1.807, 2.05) is 6.92 Å². The minimum absolute atomic E-state index is 0.174. The van der Waals surface area contributed by atoms with Crippen molar-refractivity contribution in [1.29, 1.82) is 5.26 Å². The first-order valence-corrected chi connectivity index (χ1v) is 7.25. The quantitative estimate of drug-likeness (QED) is 0.919. The van der Waals surface area contributed by atoms with Gasteiger partial charge in [0.05, 0.1) is 6.07 Å². The van der Waals surface area contributed by atoms with E-state index in [0.29, 0.717) is 11.5 Å². The molecule has 1 heterocycles. The molecule has 0 aromatic carbocycles. The minimum Gasteiger partial charge on any atom is -0.334 e. The van der Waals surface area contributed by atoms with E-state index >= 15 is 0 Å². The maximum absolute atomic E-state index is 12.3. The van der Waals surface area contributed by atoms with Gasteiger partial charge < -0.3 is 5.32 Å². The summed E-state index contributed by atoms with van der Waals surface area (Å²) in [6, 6.07) is 5.76. The molecule has 2 rings (SSSR count). The molecular formula is C16H21N3O. The second-order valence-corrected chi connectivity index (χ2v) is 5.69. The Morgan fingerprint density at radius 2 is 2.25 bits per heavy atom. The Morgan fingerprint density at radius 3 is 2.80 bits per heavy atom. The van der Waals surface area contributed by atoms with E-state index in [0.717, 1.165) is 37.8 Å². The van der Waals surface area contributed by atoms with Crippen LogP contribution in [0.15, 0.2) is 18.3 Å². The summed E-state index contributed by atoms with van der Waals surface area (Å²) in [6.07, 6.45) is 6.30. The number of pyridine rings is 1. The molecule has 0 saturated heterocycles. The Balaban J connectivity index is 2.07. The first-order valence-electron chi connectivity index (χ1n) is 7.25. The molecule has 0 bridgehead atoms. The Hall–Kier alpha value is -1.89. The van der Waals surface area contributed by atoms with E-state index in [-0.39, 0.29) is 5.91 Å². The number of aromatic nitrogens is 1. The van der Waals surface area contributed by atoms with Gasteiger partial charge in [0, 0.05) is 17.5 Å². The summed E-state index contributed by atoms with van der Waals surface area (Å²) in [5, 5.41) is 12.4. The number of carbonyl (C=O) groups excluding carboxylic acids is 1. The first-order chi connectivity index (χ1) is 9.58. The molecule has 0 aliphatic heterocycles. The standard InChI is InChI=1S/C16H21N3O/c1-3-13-4-7-16(11-17,8-5-13)19-15(20)14-6-9-18-12(2)10-14/h6,9-10,13H,3-5,7-8H2,1-2H3,(H,19,20). The van der Waals surface area contributed by atoms with Crippen LogP contribution in [0.3, 0.4) is 0 Å². The Bertz CT molecular complexity index is 525. The number of carbonyl (C=O) groups is 1. The van der Waals surface area contributed by atoms with Gasteiger partial charge in [-0.15, -0.1) is 0 Å². The maximum atomic E-state index is 12.3. The van der Waals surface area contributed by atoms with Crippen molar-refractivity contribution in [2.45, 2.75) is 51.5 Å². The van der Waals surface area contributed by atoms with Crippen molar-refractivity contribution in [3.63, 3.8) is 0 Å². The van der Waals surface area contributed by atoms with E-state index in [2.05, 4.69) is 23.3 Å². The third-order valence-electron chi connectivity index (χ3n) is 4.26. The molecule has 4 heteroatoms. The SMILES string of the molecule is CCC1CCC(C#N)(NC(=O)c2ccnc(C)c2)CC1. The summed E-state index contributed by atoms with van der Waals surface area (Å²) in [6.45, 7) is 4.03. The highest BCUT2D eigenvalue weighted by Gasteiger charge is 2.36. The molecule has 106 valence electrons. The van der Waals surface area contributed by atoms with Crippen LogP contribution in [0.25, 0.3) is 0 Å². The topological polar surface area (TPSA) is 65.8 Å². The lowest BCUT2D eigenvalue weighted by molar-refractivity contribution is 0.0891. The van der Waals surface area contributed by atoms with Crippen LogP contribution in [0.1, 0.15) is 55.1 Å². The summed E-state index contributed by atoms with van der Waals surface area (Å²) in [5.74, 6) is 0.517. The molecule has 0 spiro atoms. The molecular weight excluding hydrogens is 250 g/mol. The molecule has 1 saturated carbocycles. The molecule has 0 unspecified atom stereocenters. The predicted octanol–water partition coefficient (Wildman–Crippen LogP) is 2.98. The summed E-state index contributed by atoms with van der Waals surface area (Å²) >= 11 is 0. The number of hydrogen-bond donors (Lipinski definition) is 1. The third-order valence-corrected chi connectivity index (χ3v) is 4.26. The Morgan fingerprint density at radius 1 is 1.55 bits per heavy atom. The number of amides is 1. The summed E-state index contributed by atoms with van der Waals surface area (Å²) in [5.41, 5.74) is 0.683. The van der Waals surface area contributed by atoms with Crippen LogP contribution in [0.5, 0.6) is 0 Å². The van der Waals surface area contributed by atoms with Crippen molar-refractivity contribution in [1.82, 2.24) is 10.3 Å². The van der Waals surface area contributed by atoms with Gasteiger partial charge in [0.25, 0.3) is 5.91 Å². The molecule has 1 aromatic rings. The van der Waals surface area contributed by atoms with E-state index in [1.165, 1.54) is 0 Å². The van der Waals surface area contributed by atoms with Crippen LogP contribution in [-0.2, 0) is 0 Å². The monoisotopic (exact) mass is 271 g/mol. The summed E-state index contributed by atoms with van der Waals surface area (Å²) in [4.78, 5) is 16.4. The van der Waals surface area contributed by atoms with Crippen molar-refractivity contribution in [2.75, 3.05) is 0 Å². The van der Waals surface area contributed by atoms with E-state index in [4.69, 9.17) is 0 Å². The molecule has 1 amide bonds. The highest BCUT2D eigenvalue weighted by atomic mass is 16.1. The van der Waals surface area contributed by atoms with E-state index in [9.17, 15) is 10.1 Å². The van der Waals surface area contributed by atoms with Crippen LogP contribution >= 0.6 is 0 Å². The number of nitrogens with one attached hydrogen (secondary N) is 1. The predicted molar refractivity (Wildman–Crippen MR) is 77.0 cm³/mol. The van der Waals surface area contributed by atoms with Crippen molar-refractivity contribution < 1.29 is 4.79 Å². The Kier molecular flexibility index (Phi) is 4.39. The highest BCUT2D eigenvalue weighted by Crippen LogP contribution is 2.33. The largest absolute Gasteiger partial charge is 0.334 e. The van der Waals surface area contributed by atoms with Crippen LogP contribution < -0.4 is 5.32 Å². The molecule has 1 fully saturated rings. The first kappa shape index (κ1) is 14.5. The van der Waals surface area contributed by atoms with Gasteiger partial charge in [0.1, 0.15) is 5.54 Å². The van der Waals surface area contributed by atoms with Gasteiger partial charge in [-0.3, -0.25) is 9.78 Å². The summed E-state index contributed by atoms with van der Waals surface area (Å²) < 4.78 is 0. The fourth-order valence-corrected chi connectivity index (χ4v) is 2.82. The smallest absolute Gasteiger partial charge is 0.252 e. The zero-order valence-corrected chi connectivity index (χ0v) is 12.1. The van der Waals surface area contributed by atoms with Crippen LogP contribution in [0.2, 0.25) is 0 Å². The lowest BCUT2D eigenvalue weighted by Crippen LogP contribution is -2.49. The van der Waals surface area contributed by atoms with Crippen molar-refractivity contribution in [3.05, 3.63) is 29.6 Å².